The van der Waals surface area contributed by atoms with Crippen molar-refractivity contribution in [3.8, 4) is 0 Å². The number of anilines is 3. The van der Waals surface area contributed by atoms with Crippen LogP contribution in [0.1, 0.15) is 30.0 Å². The van der Waals surface area contributed by atoms with Crippen molar-refractivity contribution in [2.24, 2.45) is 0 Å². The summed E-state index contributed by atoms with van der Waals surface area (Å²) in [6.07, 6.45) is 5.99. The van der Waals surface area contributed by atoms with Crippen molar-refractivity contribution in [1.82, 2.24) is 25.1 Å². The highest BCUT2D eigenvalue weighted by Gasteiger charge is 2.25. The molecule has 4 aromatic rings. The minimum atomic E-state index is 0.543. The number of nitrogens with zero attached hydrogens (tertiary/aromatic N) is 3. The van der Waals surface area contributed by atoms with Crippen molar-refractivity contribution in [3.05, 3.63) is 59.0 Å². The lowest BCUT2D eigenvalue weighted by atomic mass is 10.1. The van der Waals surface area contributed by atoms with Gasteiger partial charge in [0.1, 0.15) is 5.82 Å². The fourth-order valence-corrected chi connectivity index (χ4v) is 3.46. The number of hydrogen-bond acceptors (Lipinski definition) is 5. The Kier molecular flexibility index (Phi) is 3.94. The van der Waals surface area contributed by atoms with E-state index in [0.717, 1.165) is 22.3 Å². The summed E-state index contributed by atoms with van der Waals surface area (Å²) in [6.45, 7) is 0.576. The molecule has 136 valence electrons. The summed E-state index contributed by atoms with van der Waals surface area (Å²) in [5.74, 6) is 2.64. The second-order valence-corrected chi connectivity index (χ2v) is 7.11. The van der Waals surface area contributed by atoms with E-state index in [-0.39, 0.29) is 0 Å². The molecule has 0 bridgehead atoms. The third-order valence-corrected chi connectivity index (χ3v) is 5.01. The van der Waals surface area contributed by atoms with Crippen molar-refractivity contribution in [3.63, 3.8) is 0 Å². The summed E-state index contributed by atoms with van der Waals surface area (Å²) in [4.78, 5) is 12.0. The predicted octanol–water partition coefficient (Wildman–Crippen LogP) is 4.57. The summed E-state index contributed by atoms with van der Waals surface area (Å²) in [6, 6.07) is 9.91. The Morgan fingerprint density at radius 2 is 2.11 bits per heavy atom. The summed E-state index contributed by atoms with van der Waals surface area (Å²) < 4.78 is 0. The van der Waals surface area contributed by atoms with E-state index in [4.69, 9.17) is 11.6 Å². The van der Waals surface area contributed by atoms with Gasteiger partial charge in [-0.25, -0.2) is 4.98 Å². The average molecular weight is 380 g/mol. The predicted molar refractivity (Wildman–Crippen MR) is 107 cm³/mol. The molecule has 1 aromatic carbocycles. The molecule has 1 fully saturated rings. The molecule has 0 amide bonds. The highest BCUT2D eigenvalue weighted by atomic mass is 35.5. The zero-order valence-electron chi connectivity index (χ0n) is 14.5. The molecule has 3 aromatic heterocycles. The van der Waals surface area contributed by atoms with Gasteiger partial charge in [-0.3, -0.25) is 5.10 Å². The van der Waals surface area contributed by atoms with Crippen LogP contribution in [0.25, 0.3) is 10.9 Å². The molecule has 0 saturated heterocycles. The van der Waals surface area contributed by atoms with Gasteiger partial charge in [-0.1, -0.05) is 23.7 Å². The SMILES string of the molecule is Clc1c[nH]c2cccc(CNc3nccc(Nc4cc(C5CC5)[nH]n4)n3)c12. The van der Waals surface area contributed by atoms with Crippen molar-refractivity contribution in [2.75, 3.05) is 10.6 Å². The van der Waals surface area contributed by atoms with Gasteiger partial charge < -0.3 is 15.6 Å². The zero-order valence-corrected chi connectivity index (χ0v) is 15.2. The van der Waals surface area contributed by atoms with Crippen molar-refractivity contribution in [1.29, 1.82) is 0 Å². The highest BCUT2D eigenvalue weighted by Crippen LogP contribution is 2.39. The fraction of sp³-hybridized carbons (Fsp3) is 0.211. The van der Waals surface area contributed by atoms with Gasteiger partial charge in [0.2, 0.25) is 5.95 Å². The number of benzene rings is 1. The van der Waals surface area contributed by atoms with Crippen LogP contribution in [0.4, 0.5) is 17.6 Å². The summed E-state index contributed by atoms with van der Waals surface area (Å²) >= 11 is 6.29. The number of aromatic amines is 2. The third kappa shape index (κ3) is 3.33. The molecule has 0 atom stereocenters. The number of fused-ring (bicyclic) bond motifs is 1. The molecule has 5 rings (SSSR count). The van der Waals surface area contributed by atoms with E-state index < -0.39 is 0 Å². The van der Waals surface area contributed by atoms with Crippen LogP contribution in [-0.2, 0) is 6.54 Å². The molecule has 0 unspecified atom stereocenters. The van der Waals surface area contributed by atoms with E-state index in [2.05, 4.69) is 35.8 Å². The number of nitrogens with one attached hydrogen (secondary N) is 4. The molecule has 1 aliphatic rings. The molecule has 8 heteroatoms. The minimum absolute atomic E-state index is 0.543. The first-order valence-corrected chi connectivity index (χ1v) is 9.28. The molecular formula is C19H18ClN7. The van der Waals surface area contributed by atoms with Gasteiger partial charge in [0.15, 0.2) is 5.82 Å². The molecule has 0 radical (unpaired) electrons. The largest absolute Gasteiger partial charge is 0.360 e. The summed E-state index contributed by atoms with van der Waals surface area (Å²) in [5, 5.41) is 15.6. The second kappa shape index (κ2) is 6.59. The summed E-state index contributed by atoms with van der Waals surface area (Å²) in [7, 11) is 0. The number of halogens is 1. The number of hydrogen-bond donors (Lipinski definition) is 4. The first-order chi connectivity index (χ1) is 13.3. The van der Waals surface area contributed by atoms with Gasteiger partial charge in [0.05, 0.1) is 5.02 Å². The van der Waals surface area contributed by atoms with E-state index in [1.54, 1.807) is 12.4 Å². The van der Waals surface area contributed by atoms with Crippen LogP contribution in [0.5, 0.6) is 0 Å². The fourth-order valence-electron chi connectivity index (χ4n) is 3.19. The normalized spacial score (nSPS) is 13.8. The lowest BCUT2D eigenvalue weighted by molar-refractivity contribution is 0.966. The number of H-pyrrole nitrogens is 2. The molecule has 1 aliphatic carbocycles. The van der Waals surface area contributed by atoms with Gasteiger partial charge in [-0.05, 0) is 30.5 Å². The van der Waals surface area contributed by atoms with Crippen molar-refractivity contribution >= 4 is 40.1 Å². The average Bonchev–Trinajstić information content (AvgIpc) is 3.32. The lowest BCUT2D eigenvalue weighted by Crippen LogP contribution is -2.05. The van der Waals surface area contributed by atoms with E-state index in [1.807, 2.05) is 30.3 Å². The van der Waals surface area contributed by atoms with Gasteiger partial charge in [0, 0.05) is 47.5 Å². The maximum atomic E-state index is 6.29. The van der Waals surface area contributed by atoms with Gasteiger partial charge in [-0.15, -0.1) is 0 Å². The first-order valence-electron chi connectivity index (χ1n) is 8.90. The Morgan fingerprint density at radius 3 is 3.00 bits per heavy atom. The van der Waals surface area contributed by atoms with E-state index in [0.29, 0.717) is 29.3 Å². The first kappa shape index (κ1) is 16.1. The lowest BCUT2D eigenvalue weighted by Gasteiger charge is -2.08. The van der Waals surface area contributed by atoms with Gasteiger partial charge >= 0.3 is 0 Å². The van der Waals surface area contributed by atoms with Crippen LogP contribution in [-0.4, -0.2) is 25.1 Å². The Hall–Kier alpha value is -3.06. The number of rotatable bonds is 6. The molecule has 0 spiro atoms. The Labute approximate surface area is 160 Å². The molecule has 7 nitrogen and oxygen atoms in total. The molecule has 4 N–H and O–H groups in total. The van der Waals surface area contributed by atoms with E-state index in [9.17, 15) is 0 Å². The van der Waals surface area contributed by atoms with Crippen LogP contribution in [0.3, 0.4) is 0 Å². The smallest absolute Gasteiger partial charge is 0.224 e. The minimum Gasteiger partial charge on any atom is -0.360 e. The third-order valence-electron chi connectivity index (χ3n) is 4.71. The van der Waals surface area contributed by atoms with E-state index in [1.165, 1.54) is 18.5 Å². The topological polar surface area (TPSA) is 94.3 Å². The van der Waals surface area contributed by atoms with E-state index >= 15 is 0 Å². The zero-order chi connectivity index (χ0) is 18.2. The van der Waals surface area contributed by atoms with Crippen LogP contribution in [0.2, 0.25) is 5.02 Å². The standard InChI is InChI=1S/C19H18ClN7/c20-13-10-22-14-3-1-2-12(18(13)14)9-23-19-21-7-6-16(25-19)24-17-8-15(26-27-17)11-4-5-11/h1-3,6-8,10-11,22H,4-5,9H2,(H3,21,23,24,25,26,27). The Morgan fingerprint density at radius 1 is 1.19 bits per heavy atom. The van der Waals surface area contributed by atoms with Crippen LogP contribution in [0, 0.1) is 0 Å². The molecule has 3 heterocycles. The Balaban J connectivity index is 1.30. The molecular weight excluding hydrogens is 362 g/mol. The van der Waals surface area contributed by atoms with Crippen LogP contribution >= 0.6 is 11.6 Å². The molecule has 1 saturated carbocycles. The molecule has 0 aliphatic heterocycles. The van der Waals surface area contributed by atoms with Crippen LogP contribution in [0.15, 0.2) is 42.7 Å². The van der Waals surface area contributed by atoms with Gasteiger partial charge in [-0.2, -0.15) is 10.1 Å². The maximum absolute atomic E-state index is 6.29. The molecule has 27 heavy (non-hydrogen) atoms. The van der Waals surface area contributed by atoms with Gasteiger partial charge in [0.25, 0.3) is 0 Å². The van der Waals surface area contributed by atoms with Crippen LogP contribution < -0.4 is 10.6 Å². The number of aromatic nitrogens is 5. The highest BCUT2D eigenvalue weighted by molar-refractivity contribution is 6.35. The maximum Gasteiger partial charge on any atom is 0.224 e. The quantitative estimate of drug-likeness (QED) is 0.393. The second-order valence-electron chi connectivity index (χ2n) is 6.70. The monoisotopic (exact) mass is 379 g/mol. The summed E-state index contributed by atoms with van der Waals surface area (Å²) in [5.41, 5.74) is 3.28. The van der Waals surface area contributed by atoms with Crippen molar-refractivity contribution < 1.29 is 0 Å². The Bertz CT molecular complexity index is 1100. The van der Waals surface area contributed by atoms with Crippen molar-refractivity contribution in [2.45, 2.75) is 25.3 Å².